The number of hydrogen-bond acceptors (Lipinski definition) is 1. The number of fused-ring (bicyclic) bond motifs is 2. The van der Waals surface area contributed by atoms with E-state index in [9.17, 15) is 0 Å². The van der Waals surface area contributed by atoms with E-state index in [1.165, 1.54) is 46.3 Å². The molecule has 2 aliphatic rings. The molecule has 0 aromatic carbocycles. The molecule has 3 heteroatoms. The van der Waals surface area contributed by atoms with Crippen LogP contribution < -0.4 is 0 Å². The molecule has 4 unspecified atom stereocenters. The largest absolute Gasteiger partial charge is 0.131 e. The van der Waals surface area contributed by atoms with E-state index in [1.807, 2.05) is 11.3 Å². The molecule has 2 aliphatic carbocycles. The summed E-state index contributed by atoms with van der Waals surface area (Å²) in [5.41, 5.74) is 1.32. The second kappa shape index (κ2) is 4.86. The first-order valence-electron chi connectivity index (χ1n) is 6.53. The average Bonchev–Trinajstić information content (AvgIpc) is 2.95. The van der Waals surface area contributed by atoms with Crippen molar-refractivity contribution in [2.45, 2.75) is 44.4 Å². The van der Waals surface area contributed by atoms with Gasteiger partial charge in [0, 0.05) is 4.88 Å². The van der Waals surface area contributed by atoms with Gasteiger partial charge >= 0.3 is 0 Å². The van der Waals surface area contributed by atoms with Crippen LogP contribution in [0.25, 0.3) is 0 Å². The Bertz CT molecular complexity index is 395. The standard InChI is InChI=1S/C14H18BrClS/c1-8-4-13(17-14(8)15)12(16)7-11-6-9-2-3-10(11)5-9/h4,9-12H,2-3,5-7H2,1H3. The van der Waals surface area contributed by atoms with Crippen molar-refractivity contribution < 1.29 is 0 Å². The lowest BCUT2D eigenvalue weighted by atomic mass is 9.85. The van der Waals surface area contributed by atoms with Crippen LogP contribution in [0.4, 0.5) is 0 Å². The lowest BCUT2D eigenvalue weighted by molar-refractivity contribution is 0.312. The molecule has 94 valence electrons. The van der Waals surface area contributed by atoms with Gasteiger partial charge in [-0.15, -0.1) is 22.9 Å². The minimum absolute atomic E-state index is 0.231. The van der Waals surface area contributed by atoms with Gasteiger partial charge in [-0.2, -0.15) is 0 Å². The van der Waals surface area contributed by atoms with Crippen molar-refractivity contribution in [2.24, 2.45) is 17.8 Å². The first kappa shape index (κ1) is 12.5. The van der Waals surface area contributed by atoms with Crippen molar-refractivity contribution in [2.75, 3.05) is 0 Å². The molecular formula is C14H18BrClS. The summed E-state index contributed by atoms with van der Waals surface area (Å²) in [4.78, 5) is 1.35. The number of alkyl halides is 1. The molecule has 4 atom stereocenters. The van der Waals surface area contributed by atoms with Gasteiger partial charge in [0.05, 0.1) is 9.16 Å². The molecule has 2 bridgehead atoms. The summed E-state index contributed by atoms with van der Waals surface area (Å²) in [6.07, 6.45) is 7.07. The Kier molecular flexibility index (Phi) is 3.58. The van der Waals surface area contributed by atoms with Crippen LogP contribution >= 0.6 is 38.9 Å². The SMILES string of the molecule is Cc1cc(C(Cl)CC2CC3CCC2C3)sc1Br. The molecule has 1 aromatic rings. The zero-order chi connectivity index (χ0) is 12.0. The zero-order valence-electron chi connectivity index (χ0n) is 10.1. The minimum atomic E-state index is 0.231. The molecule has 0 saturated heterocycles. The molecule has 0 spiro atoms. The third-order valence-corrected chi connectivity index (χ3v) is 7.37. The monoisotopic (exact) mass is 332 g/mol. The van der Waals surface area contributed by atoms with Crippen molar-refractivity contribution in [3.05, 3.63) is 20.3 Å². The number of aryl methyl sites for hydroxylation is 1. The summed E-state index contributed by atoms with van der Waals surface area (Å²) in [6, 6.07) is 2.25. The molecule has 0 radical (unpaired) electrons. The first-order chi connectivity index (χ1) is 8.13. The second-order valence-electron chi connectivity index (χ2n) is 5.74. The zero-order valence-corrected chi connectivity index (χ0v) is 13.2. The van der Waals surface area contributed by atoms with Crippen molar-refractivity contribution in [1.82, 2.24) is 0 Å². The van der Waals surface area contributed by atoms with Gasteiger partial charge in [-0.1, -0.05) is 6.42 Å². The molecule has 2 fully saturated rings. The van der Waals surface area contributed by atoms with Crippen LogP contribution in [0.5, 0.6) is 0 Å². The quantitative estimate of drug-likeness (QED) is 0.602. The molecular weight excluding hydrogens is 316 g/mol. The van der Waals surface area contributed by atoms with E-state index >= 15 is 0 Å². The molecule has 1 heterocycles. The van der Waals surface area contributed by atoms with E-state index in [0.717, 1.165) is 17.8 Å². The Morgan fingerprint density at radius 1 is 1.47 bits per heavy atom. The highest BCUT2D eigenvalue weighted by atomic mass is 79.9. The van der Waals surface area contributed by atoms with E-state index < -0.39 is 0 Å². The summed E-state index contributed by atoms with van der Waals surface area (Å²) < 4.78 is 1.24. The Labute approximate surface area is 121 Å². The van der Waals surface area contributed by atoms with Gasteiger partial charge in [-0.3, -0.25) is 0 Å². The van der Waals surface area contributed by atoms with Crippen molar-refractivity contribution in [3.63, 3.8) is 0 Å². The van der Waals surface area contributed by atoms with Crippen LogP contribution in [0.15, 0.2) is 9.85 Å². The van der Waals surface area contributed by atoms with Crippen LogP contribution in [0.3, 0.4) is 0 Å². The third kappa shape index (κ3) is 2.46. The number of hydrogen-bond donors (Lipinski definition) is 0. The van der Waals surface area contributed by atoms with Crippen LogP contribution in [0, 0.1) is 24.7 Å². The number of halogens is 2. The van der Waals surface area contributed by atoms with E-state index in [2.05, 4.69) is 28.9 Å². The predicted octanol–water partition coefficient (Wildman–Crippen LogP) is 5.93. The second-order valence-corrected chi connectivity index (χ2v) is 8.67. The molecule has 2 saturated carbocycles. The summed E-state index contributed by atoms with van der Waals surface area (Å²) in [6.45, 7) is 2.14. The summed E-state index contributed by atoms with van der Waals surface area (Å²) in [7, 11) is 0. The highest BCUT2D eigenvalue weighted by Gasteiger charge is 2.40. The molecule has 1 aromatic heterocycles. The molecule has 0 amide bonds. The molecule has 3 rings (SSSR count). The first-order valence-corrected chi connectivity index (χ1v) is 8.58. The third-order valence-electron chi connectivity index (χ3n) is 4.58. The maximum atomic E-state index is 6.60. The highest BCUT2D eigenvalue weighted by Crippen LogP contribution is 2.52. The molecule has 0 N–H and O–H groups in total. The topological polar surface area (TPSA) is 0 Å². The summed E-state index contributed by atoms with van der Waals surface area (Å²) in [5, 5.41) is 0.231. The summed E-state index contributed by atoms with van der Waals surface area (Å²) in [5.74, 6) is 2.92. The van der Waals surface area contributed by atoms with Crippen molar-refractivity contribution in [1.29, 1.82) is 0 Å². The van der Waals surface area contributed by atoms with E-state index in [-0.39, 0.29) is 5.38 Å². The fourth-order valence-electron chi connectivity index (χ4n) is 3.69. The van der Waals surface area contributed by atoms with Gasteiger partial charge in [0.15, 0.2) is 0 Å². The van der Waals surface area contributed by atoms with E-state index in [0.29, 0.717) is 0 Å². The molecule has 0 aliphatic heterocycles. The highest BCUT2D eigenvalue weighted by molar-refractivity contribution is 9.11. The smallest absolute Gasteiger partial charge is 0.0731 e. The van der Waals surface area contributed by atoms with E-state index in [1.54, 1.807) is 0 Å². The predicted molar refractivity (Wildman–Crippen MR) is 78.9 cm³/mol. The lowest BCUT2D eigenvalue weighted by Gasteiger charge is -2.23. The van der Waals surface area contributed by atoms with Gasteiger partial charge in [0.1, 0.15) is 0 Å². The minimum Gasteiger partial charge on any atom is -0.131 e. The summed E-state index contributed by atoms with van der Waals surface area (Å²) >= 11 is 12.0. The van der Waals surface area contributed by atoms with Crippen molar-refractivity contribution in [3.8, 4) is 0 Å². The Balaban J connectivity index is 1.65. The van der Waals surface area contributed by atoms with Gasteiger partial charge in [0.25, 0.3) is 0 Å². The fraction of sp³-hybridized carbons (Fsp3) is 0.714. The van der Waals surface area contributed by atoms with Gasteiger partial charge in [-0.25, -0.2) is 0 Å². The van der Waals surface area contributed by atoms with Crippen LogP contribution in [0.2, 0.25) is 0 Å². The maximum Gasteiger partial charge on any atom is 0.0731 e. The lowest BCUT2D eigenvalue weighted by Crippen LogP contribution is -2.12. The van der Waals surface area contributed by atoms with E-state index in [4.69, 9.17) is 11.6 Å². The van der Waals surface area contributed by atoms with Crippen molar-refractivity contribution >= 4 is 38.9 Å². The Hall–Kier alpha value is 0.470. The molecule has 0 nitrogen and oxygen atoms in total. The van der Waals surface area contributed by atoms with Gasteiger partial charge in [-0.05, 0) is 77.9 Å². The molecule has 17 heavy (non-hydrogen) atoms. The normalized spacial score (nSPS) is 33.2. The Morgan fingerprint density at radius 3 is 2.82 bits per heavy atom. The Morgan fingerprint density at radius 2 is 2.29 bits per heavy atom. The van der Waals surface area contributed by atoms with Crippen LogP contribution in [-0.4, -0.2) is 0 Å². The number of rotatable bonds is 3. The van der Waals surface area contributed by atoms with Crippen LogP contribution in [0.1, 0.15) is 47.9 Å². The van der Waals surface area contributed by atoms with Gasteiger partial charge < -0.3 is 0 Å². The average molecular weight is 334 g/mol. The maximum absolute atomic E-state index is 6.60. The fourth-order valence-corrected chi connectivity index (χ4v) is 5.67. The van der Waals surface area contributed by atoms with Gasteiger partial charge in [0.2, 0.25) is 0 Å². The number of thiophene rings is 1. The van der Waals surface area contributed by atoms with Crippen LogP contribution in [-0.2, 0) is 0 Å².